The first kappa shape index (κ1) is 34.3. The number of nitrogens with one attached hydrogen (secondary N) is 1. The summed E-state index contributed by atoms with van der Waals surface area (Å²) in [5.74, 6) is 0. The second kappa shape index (κ2) is 11.8. The topological polar surface area (TPSA) is 30.1 Å². The van der Waals surface area contributed by atoms with Gasteiger partial charge in [0.05, 0.1) is 11.2 Å². The molecule has 0 spiro atoms. The van der Waals surface area contributed by atoms with Crippen molar-refractivity contribution in [2.24, 2.45) is 0 Å². The number of anilines is 2. The van der Waals surface area contributed by atoms with E-state index in [4.69, 9.17) is 4.42 Å². The Balaban J connectivity index is 1.11. The molecule has 0 unspecified atom stereocenters. The summed E-state index contributed by atoms with van der Waals surface area (Å²) in [5, 5.41) is 11.3. The average molecular weight is 788 g/mol. The lowest BCUT2D eigenvalue weighted by molar-refractivity contribution is 0.590. The first-order chi connectivity index (χ1) is 29.1. The van der Waals surface area contributed by atoms with Crippen LogP contribution in [0.4, 0.5) is 11.4 Å². The van der Waals surface area contributed by atoms with Crippen molar-refractivity contribution in [3.8, 4) is 27.9 Å². The quantitative estimate of drug-likeness (QED) is 0.181. The summed E-state index contributed by atoms with van der Waals surface area (Å²) in [7, 11) is 2.47. The zero-order chi connectivity index (χ0) is 40.2. The minimum Gasteiger partial charge on any atom is -0.456 e. The summed E-state index contributed by atoms with van der Waals surface area (Å²) in [5.41, 5.74) is 19.1. The summed E-state index contributed by atoms with van der Waals surface area (Å²) in [6, 6.07) is 54.3. The number of benzene rings is 8. The minimum absolute atomic E-state index is 0.0691. The van der Waals surface area contributed by atoms with E-state index in [0.717, 1.165) is 38.9 Å². The molecule has 4 heterocycles. The summed E-state index contributed by atoms with van der Waals surface area (Å²) in [4.78, 5) is 0. The molecule has 0 amide bonds. The fraction of sp³-hybridized carbons (Fsp3) is 0.127. The van der Waals surface area contributed by atoms with Crippen LogP contribution in [0.15, 0.2) is 150 Å². The maximum atomic E-state index is 6.53. The van der Waals surface area contributed by atoms with Gasteiger partial charge in [0.15, 0.2) is 7.28 Å². The van der Waals surface area contributed by atoms with Crippen LogP contribution in [0.2, 0.25) is 0 Å². The Kier molecular flexibility index (Phi) is 6.75. The van der Waals surface area contributed by atoms with Gasteiger partial charge in [-0.1, -0.05) is 131 Å². The van der Waals surface area contributed by atoms with Crippen LogP contribution >= 0.6 is 11.3 Å². The molecule has 1 N–H and O–H groups in total. The van der Waals surface area contributed by atoms with Crippen molar-refractivity contribution in [3.63, 3.8) is 0 Å². The molecule has 11 aromatic rings. The molecular formula is C55H40BN2OS. The van der Waals surface area contributed by atoms with Gasteiger partial charge in [-0.05, 0) is 92.8 Å². The van der Waals surface area contributed by atoms with Gasteiger partial charge in [-0.2, -0.15) is 0 Å². The van der Waals surface area contributed by atoms with Crippen LogP contribution in [-0.4, -0.2) is 11.8 Å². The lowest BCUT2D eigenvalue weighted by Crippen LogP contribution is -2.37. The third-order valence-electron chi connectivity index (χ3n) is 13.6. The van der Waals surface area contributed by atoms with Gasteiger partial charge in [0.25, 0.3) is 0 Å². The summed E-state index contributed by atoms with van der Waals surface area (Å²) >= 11 is 1.89. The average Bonchev–Trinajstić information content (AvgIpc) is 3.96. The lowest BCUT2D eigenvalue weighted by Gasteiger charge is -2.27. The Morgan fingerprint density at radius 1 is 0.583 bits per heavy atom. The maximum absolute atomic E-state index is 6.53. The minimum atomic E-state index is -0.115. The molecule has 0 fully saturated rings. The van der Waals surface area contributed by atoms with Gasteiger partial charge in [-0.3, -0.25) is 0 Å². The monoisotopic (exact) mass is 787 g/mol. The van der Waals surface area contributed by atoms with Crippen LogP contribution < -0.4 is 16.2 Å². The number of para-hydroxylation sites is 1. The van der Waals surface area contributed by atoms with Crippen molar-refractivity contribution in [1.82, 2.24) is 4.57 Å². The Hall–Kier alpha value is -6.56. The van der Waals surface area contributed by atoms with E-state index < -0.39 is 0 Å². The second-order valence-corrected chi connectivity index (χ2v) is 19.5. The third kappa shape index (κ3) is 4.67. The highest BCUT2D eigenvalue weighted by molar-refractivity contribution is 7.25. The molecule has 5 heteroatoms. The number of thiophene rings is 1. The van der Waals surface area contributed by atoms with Gasteiger partial charge in [0.1, 0.15) is 11.2 Å². The van der Waals surface area contributed by atoms with E-state index in [1.54, 1.807) is 0 Å². The van der Waals surface area contributed by atoms with Crippen molar-refractivity contribution in [2.45, 2.75) is 45.4 Å². The van der Waals surface area contributed by atoms with Gasteiger partial charge in [-0.15, -0.1) is 11.3 Å². The predicted octanol–water partition coefficient (Wildman–Crippen LogP) is 14.0. The van der Waals surface area contributed by atoms with Gasteiger partial charge in [0, 0.05) is 75.7 Å². The Morgan fingerprint density at radius 3 is 2.22 bits per heavy atom. The molecule has 0 saturated carbocycles. The van der Waals surface area contributed by atoms with Crippen LogP contribution in [0, 0.1) is 0 Å². The van der Waals surface area contributed by atoms with E-state index >= 15 is 0 Å². The molecule has 0 atom stereocenters. The van der Waals surface area contributed by atoms with Gasteiger partial charge in [0.2, 0.25) is 0 Å². The van der Waals surface area contributed by atoms with Crippen molar-refractivity contribution in [2.75, 3.05) is 5.32 Å². The summed E-state index contributed by atoms with van der Waals surface area (Å²) < 4.78 is 11.8. The standard InChI is InChI=1S/C55H40BN2OS/c1-54(2,3)30-18-20-31(21-19-30)57-45-29-49-40(33-13-7-10-16-48(33)59-49)24-38(45)35-22-23-36-39-27-51-41(34-14-8-11-17-50(34)60-51)26-46(39)58-47-28-43-37(25-44(47)56-52(35)53(36)58)32-12-6-9-15-42(32)55(43,4)5/h6-29,57H,1-5H3. The van der Waals surface area contributed by atoms with E-state index in [-0.39, 0.29) is 10.8 Å². The van der Waals surface area contributed by atoms with Crippen molar-refractivity contribution in [1.29, 1.82) is 0 Å². The second-order valence-electron chi connectivity index (χ2n) is 18.4. The van der Waals surface area contributed by atoms with Crippen LogP contribution in [-0.2, 0) is 10.8 Å². The number of rotatable bonds is 3. The molecule has 285 valence electrons. The molecule has 8 aromatic carbocycles. The number of hydrogen-bond acceptors (Lipinski definition) is 3. The fourth-order valence-corrected chi connectivity index (χ4v) is 11.6. The highest BCUT2D eigenvalue weighted by Gasteiger charge is 2.38. The highest BCUT2D eigenvalue weighted by Crippen LogP contribution is 2.50. The zero-order valence-electron chi connectivity index (χ0n) is 34.2. The van der Waals surface area contributed by atoms with E-state index in [0.29, 0.717) is 0 Å². The van der Waals surface area contributed by atoms with Crippen LogP contribution in [0.3, 0.4) is 0 Å². The Bertz CT molecular complexity index is 3670. The molecule has 1 aliphatic carbocycles. The van der Waals surface area contributed by atoms with E-state index in [9.17, 15) is 0 Å². The SMILES string of the molecule is CC(C)(C)c1ccc(Nc2cc3oc4ccccc4c3cc2-c2ccc3c4cc5sc6ccccc6c5cc4n4c3c2[B]c2cc3c(cc2-4)C(C)(C)c2ccccc2-3)cc1. The molecule has 2 aliphatic rings. The number of hydrogen-bond donors (Lipinski definition) is 1. The molecule has 1 radical (unpaired) electrons. The molecule has 13 rings (SSSR count). The summed E-state index contributed by atoms with van der Waals surface area (Å²) in [6.45, 7) is 11.6. The van der Waals surface area contributed by atoms with Crippen molar-refractivity contribution in [3.05, 3.63) is 162 Å². The lowest BCUT2D eigenvalue weighted by atomic mass is 9.58. The van der Waals surface area contributed by atoms with Gasteiger partial charge in [-0.25, -0.2) is 0 Å². The van der Waals surface area contributed by atoms with E-state index in [1.807, 2.05) is 17.4 Å². The zero-order valence-corrected chi connectivity index (χ0v) is 35.0. The number of furan rings is 1. The molecule has 3 nitrogen and oxygen atoms in total. The Morgan fingerprint density at radius 2 is 1.37 bits per heavy atom. The van der Waals surface area contributed by atoms with Crippen molar-refractivity contribution >= 4 is 105 Å². The van der Waals surface area contributed by atoms with E-state index in [1.165, 1.54) is 92.0 Å². The van der Waals surface area contributed by atoms with E-state index in [2.05, 4.69) is 191 Å². The van der Waals surface area contributed by atoms with Crippen LogP contribution in [0.1, 0.15) is 51.3 Å². The molecule has 1 aliphatic heterocycles. The third-order valence-corrected chi connectivity index (χ3v) is 14.7. The Labute approximate surface area is 353 Å². The normalized spacial score (nSPS) is 14.0. The molecule has 0 bridgehead atoms. The first-order valence-corrected chi connectivity index (χ1v) is 21.8. The molecule has 0 saturated heterocycles. The largest absolute Gasteiger partial charge is 0.456 e. The van der Waals surface area contributed by atoms with Gasteiger partial charge < -0.3 is 14.3 Å². The summed E-state index contributed by atoms with van der Waals surface area (Å²) in [6.07, 6.45) is 0. The molecular weight excluding hydrogens is 747 g/mol. The number of nitrogens with zero attached hydrogens (tertiary/aromatic N) is 1. The molecule has 3 aromatic heterocycles. The van der Waals surface area contributed by atoms with Crippen molar-refractivity contribution < 1.29 is 4.42 Å². The van der Waals surface area contributed by atoms with Crippen LogP contribution in [0.5, 0.6) is 0 Å². The van der Waals surface area contributed by atoms with Crippen LogP contribution in [0.25, 0.3) is 91.9 Å². The number of aromatic nitrogens is 1. The predicted molar refractivity (Wildman–Crippen MR) is 257 cm³/mol. The maximum Gasteiger partial charge on any atom is 0.197 e. The number of fused-ring (bicyclic) bond motifs is 14. The molecule has 60 heavy (non-hydrogen) atoms. The smallest absolute Gasteiger partial charge is 0.197 e. The first-order valence-electron chi connectivity index (χ1n) is 21.0. The fourth-order valence-electron chi connectivity index (χ4n) is 10.5. The van der Waals surface area contributed by atoms with Gasteiger partial charge >= 0.3 is 0 Å². The highest BCUT2D eigenvalue weighted by atomic mass is 32.1.